The fourth-order valence-corrected chi connectivity index (χ4v) is 1.91. The summed E-state index contributed by atoms with van der Waals surface area (Å²) in [6.45, 7) is 5.79. The molecule has 1 saturated heterocycles. The molecule has 1 aromatic heterocycles. The Labute approximate surface area is 95.6 Å². The van der Waals surface area contributed by atoms with Gasteiger partial charge >= 0.3 is 0 Å². The van der Waals surface area contributed by atoms with Crippen molar-refractivity contribution < 1.29 is 4.74 Å². The molecule has 2 rings (SSSR count). The number of rotatable bonds is 2. The van der Waals surface area contributed by atoms with Crippen molar-refractivity contribution in [3.63, 3.8) is 0 Å². The third kappa shape index (κ3) is 2.24. The monoisotopic (exact) mass is 222 g/mol. The second-order valence-electron chi connectivity index (χ2n) is 4.17. The van der Waals surface area contributed by atoms with Crippen molar-refractivity contribution in [2.75, 3.05) is 23.8 Å². The quantitative estimate of drug-likeness (QED) is 0.810. The van der Waals surface area contributed by atoms with Crippen LogP contribution in [-0.2, 0) is 4.74 Å². The van der Waals surface area contributed by atoms with Gasteiger partial charge in [-0.25, -0.2) is 9.97 Å². The minimum absolute atomic E-state index is 0.226. The predicted molar refractivity (Wildman–Crippen MR) is 63.3 cm³/mol. The number of nitrogens with zero attached hydrogens (tertiary/aromatic N) is 3. The Hall–Kier alpha value is -1.36. The molecule has 5 heteroatoms. The van der Waals surface area contributed by atoms with Gasteiger partial charge in [-0.15, -0.1) is 0 Å². The molecule has 5 nitrogen and oxygen atoms in total. The van der Waals surface area contributed by atoms with Crippen molar-refractivity contribution in [3.8, 4) is 0 Å². The van der Waals surface area contributed by atoms with Crippen molar-refractivity contribution in [1.82, 2.24) is 9.97 Å². The van der Waals surface area contributed by atoms with Crippen LogP contribution in [0.25, 0.3) is 0 Å². The lowest BCUT2D eigenvalue weighted by atomic mass is 10.1. The van der Waals surface area contributed by atoms with Crippen LogP contribution in [0.1, 0.15) is 20.3 Å². The standard InChI is InChI=1S/C11H18N4O/c1-3-10-7-16-8(2)6-15(10)11-13-4-9(12)5-14-11/h4-5,8,10H,3,6-7,12H2,1-2H3. The van der Waals surface area contributed by atoms with Gasteiger partial charge in [-0.05, 0) is 13.3 Å². The number of nitrogens with two attached hydrogens (primary N) is 1. The molecule has 1 aliphatic heterocycles. The fraction of sp³-hybridized carbons (Fsp3) is 0.636. The van der Waals surface area contributed by atoms with Gasteiger partial charge in [0.2, 0.25) is 5.95 Å². The van der Waals surface area contributed by atoms with Crippen LogP contribution in [0, 0.1) is 0 Å². The van der Waals surface area contributed by atoms with Crippen molar-refractivity contribution in [3.05, 3.63) is 12.4 Å². The van der Waals surface area contributed by atoms with Crippen LogP contribution in [-0.4, -0.2) is 35.3 Å². The average molecular weight is 222 g/mol. The molecule has 0 bridgehead atoms. The Morgan fingerprint density at radius 2 is 2.19 bits per heavy atom. The van der Waals surface area contributed by atoms with Crippen LogP contribution in [0.2, 0.25) is 0 Å². The summed E-state index contributed by atoms with van der Waals surface area (Å²) in [5.74, 6) is 0.746. The molecule has 88 valence electrons. The number of hydrogen-bond acceptors (Lipinski definition) is 5. The molecular formula is C11H18N4O. The molecule has 0 saturated carbocycles. The van der Waals surface area contributed by atoms with Crippen molar-refractivity contribution >= 4 is 11.6 Å². The second-order valence-corrected chi connectivity index (χ2v) is 4.17. The molecule has 2 atom stereocenters. The summed E-state index contributed by atoms with van der Waals surface area (Å²) in [4.78, 5) is 10.7. The van der Waals surface area contributed by atoms with Gasteiger partial charge in [0.25, 0.3) is 0 Å². The van der Waals surface area contributed by atoms with Crippen molar-refractivity contribution in [1.29, 1.82) is 0 Å². The maximum Gasteiger partial charge on any atom is 0.225 e. The topological polar surface area (TPSA) is 64.3 Å². The fourth-order valence-electron chi connectivity index (χ4n) is 1.91. The number of nitrogen functional groups attached to an aromatic ring is 1. The summed E-state index contributed by atoms with van der Waals surface area (Å²) >= 11 is 0. The highest BCUT2D eigenvalue weighted by Gasteiger charge is 2.27. The summed E-state index contributed by atoms with van der Waals surface area (Å²) < 4.78 is 5.63. The highest BCUT2D eigenvalue weighted by Crippen LogP contribution is 2.19. The molecular weight excluding hydrogens is 204 g/mol. The van der Waals surface area contributed by atoms with Crippen molar-refractivity contribution in [2.45, 2.75) is 32.4 Å². The summed E-state index contributed by atoms with van der Waals surface area (Å²) in [7, 11) is 0. The van der Waals surface area contributed by atoms with Gasteiger partial charge in [-0.2, -0.15) is 0 Å². The van der Waals surface area contributed by atoms with Gasteiger partial charge < -0.3 is 15.4 Å². The van der Waals surface area contributed by atoms with Gasteiger partial charge in [0.1, 0.15) is 0 Å². The van der Waals surface area contributed by atoms with E-state index in [1.54, 1.807) is 12.4 Å². The first kappa shape index (κ1) is 11.1. The van der Waals surface area contributed by atoms with Crippen LogP contribution >= 0.6 is 0 Å². The number of ether oxygens (including phenoxy) is 1. The Balaban J connectivity index is 2.18. The third-order valence-electron chi connectivity index (χ3n) is 2.85. The minimum Gasteiger partial charge on any atom is -0.396 e. The number of morpholine rings is 1. The summed E-state index contributed by atoms with van der Waals surface area (Å²) in [5.41, 5.74) is 6.18. The van der Waals surface area contributed by atoms with Gasteiger partial charge in [0, 0.05) is 6.54 Å². The van der Waals surface area contributed by atoms with Crippen molar-refractivity contribution in [2.24, 2.45) is 0 Å². The molecule has 0 aromatic carbocycles. The van der Waals surface area contributed by atoms with Crippen LogP contribution in [0.15, 0.2) is 12.4 Å². The van der Waals surface area contributed by atoms with E-state index >= 15 is 0 Å². The lowest BCUT2D eigenvalue weighted by molar-refractivity contribution is 0.0292. The molecule has 1 aromatic rings. The Bertz CT molecular complexity index is 340. The van der Waals surface area contributed by atoms with E-state index in [1.165, 1.54) is 0 Å². The summed E-state index contributed by atoms with van der Waals surface area (Å²) in [5, 5.41) is 0. The zero-order valence-electron chi connectivity index (χ0n) is 9.76. The van der Waals surface area contributed by atoms with Crippen LogP contribution in [0.5, 0.6) is 0 Å². The summed E-state index contributed by atoms with van der Waals surface area (Å²) in [6.07, 6.45) is 4.55. The number of hydrogen-bond donors (Lipinski definition) is 1. The first-order chi connectivity index (χ1) is 7.70. The van der Waals surface area contributed by atoms with E-state index in [4.69, 9.17) is 10.5 Å². The van der Waals surface area contributed by atoms with Crippen LogP contribution in [0.3, 0.4) is 0 Å². The van der Waals surface area contributed by atoms with Gasteiger partial charge in [-0.3, -0.25) is 0 Å². The van der Waals surface area contributed by atoms with E-state index in [9.17, 15) is 0 Å². The van der Waals surface area contributed by atoms with E-state index in [0.717, 1.165) is 25.5 Å². The predicted octanol–water partition coefficient (Wildman–Crippen LogP) is 1.06. The smallest absolute Gasteiger partial charge is 0.225 e. The molecule has 0 aliphatic carbocycles. The molecule has 16 heavy (non-hydrogen) atoms. The van der Waals surface area contributed by atoms with E-state index in [0.29, 0.717) is 11.7 Å². The van der Waals surface area contributed by atoms with E-state index in [1.807, 2.05) is 0 Å². The van der Waals surface area contributed by atoms with Crippen LogP contribution < -0.4 is 10.6 Å². The molecule has 0 spiro atoms. The molecule has 2 unspecified atom stereocenters. The van der Waals surface area contributed by atoms with E-state index in [2.05, 4.69) is 28.7 Å². The largest absolute Gasteiger partial charge is 0.396 e. The Morgan fingerprint density at radius 3 is 2.81 bits per heavy atom. The van der Waals surface area contributed by atoms with Crippen LogP contribution in [0.4, 0.5) is 11.6 Å². The maximum absolute atomic E-state index is 5.63. The van der Waals surface area contributed by atoms with Gasteiger partial charge in [0.05, 0.1) is 36.8 Å². The molecule has 1 fully saturated rings. The molecule has 0 radical (unpaired) electrons. The number of anilines is 2. The average Bonchev–Trinajstić information content (AvgIpc) is 2.30. The lowest BCUT2D eigenvalue weighted by Gasteiger charge is -2.38. The third-order valence-corrected chi connectivity index (χ3v) is 2.85. The van der Waals surface area contributed by atoms with E-state index in [-0.39, 0.29) is 6.10 Å². The zero-order chi connectivity index (χ0) is 11.5. The zero-order valence-corrected chi connectivity index (χ0v) is 9.76. The van der Waals surface area contributed by atoms with Gasteiger partial charge in [0.15, 0.2) is 0 Å². The normalized spacial score (nSPS) is 25.8. The molecule has 2 heterocycles. The molecule has 1 aliphatic rings. The number of aromatic nitrogens is 2. The summed E-state index contributed by atoms with van der Waals surface area (Å²) in [6, 6.07) is 0.361. The SMILES string of the molecule is CCC1COC(C)CN1c1ncc(N)cn1. The minimum atomic E-state index is 0.226. The Kier molecular flexibility index (Phi) is 3.24. The van der Waals surface area contributed by atoms with Gasteiger partial charge in [-0.1, -0.05) is 6.92 Å². The Morgan fingerprint density at radius 1 is 1.50 bits per heavy atom. The second kappa shape index (κ2) is 4.65. The molecule has 0 amide bonds. The first-order valence-electron chi connectivity index (χ1n) is 5.66. The highest BCUT2D eigenvalue weighted by atomic mass is 16.5. The highest BCUT2D eigenvalue weighted by molar-refractivity contribution is 5.39. The lowest BCUT2D eigenvalue weighted by Crippen LogP contribution is -2.49. The van der Waals surface area contributed by atoms with E-state index < -0.39 is 0 Å². The molecule has 2 N–H and O–H groups in total. The maximum atomic E-state index is 5.63. The first-order valence-corrected chi connectivity index (χ1v) is 5.66.